The Morgan fingerprint density at radius 1 is 0.816 bits per heavy atom. The van der Waals surface area contributed by atoms with Crippen LogP contribution in [-0.4, -0.2) is 24.6 Å². The zero-order valence-corrected chi connectivity index (χ0v) is 20.8. The maximum atomic E-state index is 6.40. The van der Waals surface area contributed by atoms with Gasteiger partial charge in [-0.2, -0.15) is 0 Å². The minimum atomic E-state index is -0.112. The van der Waals surface area contributed by atoms with Gasteiger partial charge in [-0.25, -0.2) is 19.5 Å². The second-order valence-electron chi connectivity index (χ2n) is 9.14. The number of ether oxygens (including phenoxy) is 1. The monoisotopic (exact) mass is 513 g/mol. The number of nitrogens with zero attached hydrogens (tertiary/aromatic N) is 5. The van der Waals surface area contributed by atoms with Gasteiger partial charge in [-0.1, -0.05) is 84.6 Å². The lowest BCUT2D eigenvalue weighted by atomic mass is 9.81. The van der Waals surface area contributed by atoms with Crippen molar-refractivity contribution in [3.63, 3.8) is 0 Å². The van der Waals surface area contributed by atoms with Gasteiger partial charge in [0.25, 0.3) is 5.22 Å². The van der Waals surface area contributed by atoms with E-state index in [2.05, 4.69) is 64.6 Å². The first-order valence-electron chi connectivity index (χ1n) is 12.3. The zero-order valence-electron chi connectivity index (χ0n) is 20.0. The van der Waals surface area contributed by atoms with Gasteiger partial charge in [0.15, 0.2) is 17.1 Å². The smallest absolute Gasteiger partial charge is 0.257 e. The van der Waals surface area contributed by atoms with Crippen LogP contribution >= 0.6 is 11.8 Å². The summed E-state index contributed by atoms with van der Waals surface area (Å²) >= 11 is 1.47. The fourth-order valence-corrected chi connectivity index (χ4v) is 5.91. The van der Waals surface area contributed by atoms with Crippen molar-refractivity contribution in [1.29, 1.82) is 0 Å². The van der Waals surface area contributed by atoms with Crippen LogP contribution in [0, 0.1) is 0 Å². The van der Waals surface area contributed by atoms with E-state index in [4.69, 9.17) is 19.2 Å². The van der Waals surface area contributed by atoms with E-state index in [9.17, 15) is 0 Å². The minimum Gasteiger partial charge on any atom is -0.438 e. The molecule has 0 unspecified atom stereocenters. The largest absolute Gasteiger partial charge is 0.438 e. The summed E-state index contributed by atoms with van der Waals surface area (Å²) in [6, 6.07) is 30.7. The molecule has 0 amide bonds. The third-order valence-corrected chi connectivity index (χ3v) is 7.70. The van der Waals surface area contributed by atoms with Gasteiger partial charge in [-0.05, 0) is 34.5 Å². The van der Waals surface area contributed by atoms with Crippen LogP contribution in [0.5, 0.6) is 11.6 Å². The summed E-state index contributed by atoms with van der Waals surface area (Å²) in [5.74, 6) is 2.44. The molecule has 3 aromatic heterocycles. The number of oxazole rings is 1. The molecule has 4 aromatic carbocycles. The number of aromatic nitrogens is 5. The zero-order chi connectivity index (χ0) is 25.1. The van der Waals surface area contributed by atoms with E-state index in [1.54, 1.807) is 10.8 Å². The molecule has 0 saturated heterocycles. The highest BCUT2D eigenvalue weighted by Crippen LogP contribution is 2.50. The number of para-hydroxylation sites is 2. The summed E-state index contributed by atoms with van der Waals surface area (Å²) in [6.07, 6.45) is 1.67. The number of fused-ring (bicyclic) bond motifs is 7. The normalized spacial score (nSPS) is 14.5. The first-order valence-corrected chi connectivity index (χ1v) is 13.3. The van der Waals surface area contributed by atoms with Crippen molar-refractivity contribution in [2.75, 3.05) is 0 Å². The molecular weight excluding hydrogens is 494 g/mol. The quantitative estimate of drug-likeness (QED) is 0.235. The molecule has 0 fully saturated rings. The molecule has 0 aliphatic carbocycles. The molecule has 0 radical (unpaired) electrons. The molecule has 1 aliphatic rings. The molecule has 0 spiro atoms. The van der Waals surface area contributed by atoms with E-state index in [1.807, 2.05) is 36.4 Å². The fourth-order valence-electron chi connectivity index (χ4n) is 5.23. The van der Waals surface area contributed by atoms with Crippen LogP contribution in [0.2, 0.25) is 0 Å². The maximum Gasteiger partial charge on any atom is 0.257 e. The Kier molecular flexibility index (Phi) is 4.75. The van der Waals surface area contributed by atoms with Crippen LogP contribution in [0.25, 0.3) is 27.5 Å². The SMILES string of the molecule is c1ccc([C@H]2c3c(ccc4ccccc34)Oc3ncn4nc(CSc5nc6ccccc6o5)nc4c32)cc1. The number of rotatable bonds is 4. The molecule has 38 heavy (non-hydrogen) atoms. The van der Waals surface area contributed by atoms with E-state index in [1.165, 1.54) is 11.8 Å². The summed E-state index contributed by atoms with van der Waals surface area (Å²) in [5, 5.41) is 7.64. The van der Waals surface area contributed by atoms with Crippen molar-refractivity contribution in [3.8, 4) is 11.6 Å². The van der Waals surface area contributed by atoms with Gasteiger partial charge in [0, 0.05) is 11.5 Å². The molecule has 0 N–H and O–H groups in total. The van der Waals surface area contributed by atoms with Gasteiger partial charge < -0.3 is 9.15 Å². The highest BCUT2D eigenvalue weighted by atomic mass is 32.2. The highest BCUT2D eigenvalue weighted by molar-refractivity contribution is 7.98. The van der Waals surface area contributed by atoms with Gasteiger partial charge >= 0.3 is 0 Å². The Balaban J connectivity index is 1.26. The lowest BCUT2D eigenvalue weighted by Gasteiger charge is -2.29. The van der Waals surface area contributed by atoms with Gasteiger partial charge in [0.05, 0.1) is 11.3 Å². The van der Waals surface area contributed by atoms with Crippen molar-refractivity contribution in [2.24, 2.45) is 0 Å². The Bertz CT molecular complexity index is 1950. The summed E-state index contributed by atoms with van der Waals surface area (Å²) in [5.41, 5.74) is 5.51. The summed E-state index contributed by atoms with van der Waals surface area (Å²) in [7, 11) is 0. The minimum absolute atomic E-state index is 0.112. The van der Waals surface area contributed by atoms with Gasteiger partial charge in [0.1, 0.15) is 17.6 Å². The molecule has 7 aromatic rings. The molecular formula is C30H19N5O2S. The maximum absolute atomic E-state index is 6.40. The second kappa shape index (κ2) is 8.43. The standard InChI is InChI=1S/C30H19N5O2S/c1-2-9-19(10-3-1)25-26-20-11-5-4-8-18(20)14-15-23(26)36-29-27(25)28-33-24(34-35(28)17-31-29)16-38-30-32-21-12-6-7-13-22(21)37-30/h1-15,17,25H,16H2/t25-/m0/s1. The van der Waals surface area contributed by atoms with Gasteiger partial charge in [-0.3, -0.25) is 0 Å². The Hall–Kier alpha value is -4.69. The lowest BCUT2D eigenvalue weighted by Crippen LogP contribution is -2.15. The van der Waals surface area contributed by atoms with Gasteiger partial charge in [0.2, 0.25) is 5.88 Å². The first kappa shape index (κ1) is 21.4. The third kappa shape index (κ3) is 3.38. The number of benzene rings is 4. The van der Waals surface area contributed by atoms with Crippen LogP contribution in [0.1, 0.15) is 28.4 Å². The van der Waals surface area contributed by atoms with E-state index in [0.29, 0.717) is 22.7 Å². The fraction of sp³-hybridized carbons (Fsp3) is 0.0667. The van der Waals surface area contributed by atoms with Crippen molar-refractivity contribution in [3.05, 3.63) is 120 Å². The molecule has 0 saturated carbocycles. The molecule has 7 nitrogen and oxygen atoms in total. The number of hydrogen-bond donors (Lipinski definition) is 0. The lowest BCUT2D eigenvalue weighted by molar-refractivity contribution is 0.433. The molecule has 1 atom stereocenters. The Labute approximate surface area is 221 Å². The Morgan fingerprint density at radius 2 is 1.66 bits per heavy atom. The second-order valence-corrected chi connectivity index (χ2v) is 10.1. The van der Waals surface area contributed by atoms with Crippen molar-refractivity contribution < 1.29 is 9.15 Å². The molecule has 1 aliphatic heterocycles. The number of thioether (sulfide) groups is 1. The molecule has 0 bridgehead atoms. The molecule has 8 heteroatoms. The van der Waals surface area contributed by atoms with Crippen LogP contribution in [0.4, 0.5) is 0 Å². The summed E-state index contributed by atoms with van der Waals surface area (Å²) in [4.78, 5) is 14.2. The Morgan fingerprint density at radius 3 is 2.58 bits per heavy atom. The summed E-state index contributed by atoms with van der Waals surface area (Å²) < 4.78 is 14.0. The van der Waals surface area contributed by atoms with Crippen LogP contribution in [0.15, 0.2) is 107 Å². The van der Waals surface area contributed by atoms with Gasteiger partial charge in [-0.15, -0.1) is 5.10 Å². The highest BCUT2D eigenvalue weighted by Gasteiger charge is 2.34. The predicted octanol–water partition coefficient (Wildman–Crippen LogP) is 7.00. The number of hydrogen-bond acceptors (Lipinski definition) is 7. The third-order valence-electron chi connectivity index (χ3n) is 6.88. The molecule has 4 heterocycles. The van der Waals surface area contributed by atoms with E-state index in [0.717, 1.165) is 50.0 Å². The van der Waals surface area contributed by atoms with Crippen LogP contribution in [0.3, 0.4) is 0 Å². The van der Waals surface area contributed by atoms with Crippen molar-refractivity contribution >= 4 is 39.3 Å². The average Bonchev–Trinajstić information content (AvgIpc) is 3.59. The summed E-state index contributed by atoms with van der Waals surface area (Å²) in [6.45, 7) is 0. The van der Waals surface area contributed by atoms with E-state index < -0.39 is 0 Å². The molecule has 8 rings (SSSR count). The van der Waals surface area contributed by atoms with Crippen molar-refractivity contribution in [1.82, 2.24) is 24.6 Å². The average molecular weight is 514 g/mol. The van der Waals surface area contributed by atoms with E-state index in [-0.39, 0.29) is 5.92 Å². The first-order chi connectivity index (χ1) is 18.8. The topological polar surface area (TPSA) is 78.3 Å². The molecule has 182 valence electrons. The van der Waals surface area contributed by atoms with Crippen molar-refractivity contribution in [2.45, 2.75) is 16.9 Å². The van der Waals surface area contributed by atoms with Crippen LogP contribution < -0.4 is 4.74 Å². The predicted molar refractivity (Wildman–Crippen MR) is 146 cm³/mol. The van der Waals surface area contributed by atoms with Crippen LogP contribution in [-0.2, 0) is 5.75 Å². The van der Waals surface area contributed by atoms with E-state index >= 15 is 0 Å².